The molecule has 0 amide bonds. The monoisotopic (exact) mass is 458 g/mol. The van der Waals surface area contributed by atoms with E-state index in [2.05, 4.69) is 25.3 Å². The lowest BCUT2D eigenvalue weighted by molar-refractivity contribution is 0.376. The molecule has 2 fully saturated rings. The lowest BCUT2D eigenvalue weighted by Crippen LogP contribution is -2.48. The Morgan fingerprint density at radius 1 is 1.10 bits per heavy atom. The zero-order valence-electron chi connectivity index (χ0n) is 17.4. The second kappa shape index (κ2) is 8.20. The molecule has 31 heavy (non-hydrogen) atoms. The second-order valence-electron chi connectivity index (χ2n) is 8.42. The molecule has 1 aromatic carbocycles. The Hall–Kier alpha value is -2.51. The van der Waals surface area contributed by atoms with Crippen LogP contribution in [-0.2, 0) is 7.05 Å². The first-order valence-corrected chi connectivity index (χ1v) is 11.2. The quantitative estimate of drug-likeness (QED) is 0.545. The minimum absolute atomic E-state index is 0.345. The Morgan fingerprint density at radius 3 is 2.58 bits per heavy atom. The van der Waals surface area contributed by atoms with Gasteiger partial charge in [-0.15, -0.1) is 5.10 Å². The van der Waals surface area contributed by atoms with E-state index in [1.165, 1.54) is 12.8 Å². The van der Waals surface area contributed by atoms with Crippen LogP contribution in [0, 0.1) is 18.8 Å². The van der Waals surface area contributed by atoms with Crippen molar-refractivity contribution >= 4 is 34.8 Å². The topological polar surface area (TPSA) is 68.1 Å². The molecule has 7 nitrogen and oxygen atoms in total. The largest absolute Gasteiger partial charge is 0.424 e. The summed E-state index contributed by atoms with van der Waals surface area (Å²) < 4.78 is 7.58. The van der Waals surface area contributed by atoms with Gasteiger partial charge in [-0.2, -0.15) is 4.98 Å². The molecular weight excluding hydrogens is 435 g/mol. The Kier molecular flexibility index (Phi) is 5.40. The van der Waals surface area contributed by atoms with Crippen molar-refractivity contribution in [2.45, 2.75) is 25.8 Å². The highest BCUT2D eigenvalue weighted by atomic mass is 35.5. The maximum atomic E-state index is 6.14. The van der Waals surface area contributed by atoms with Crippen molar-refractivity contribution in [2.24, 2.45) is 18.9 Å². The average molecular weight is 459 g/mol. The molecule has 2 aliphatic rings. The number of hydrogen-bond donors (Lipinski definition) is 1. The summed E-state index contributed by atoms with van der Waals surface area (Å²) in [4.78, 5) is 11.1. The van der Waals surface area contributed by atoms with E-state index in [0.717, 1.165) is 24.3 Å². The van der Waals surface area contributed by atoms with Crippen molar-refractivity contribution < 1.29 is 4.74 Å². The van der Waals surface area contributed by atoms with Gasteiger partial charge >= 0.3 is 6.01 Å². The average Bonchev–Trinajstić information content (AvgIpc) is 3.15. The number of benzene rings is 1. The molecule has 9 heteroatoms. The minimum Gasteiger partial charge on any atom is -0.424 e. The highest BCUT2D eigenvalue weighted by Gasteiger charge is 2.42. The van der Waals surface area contributed by atoms with Gasteiger partial charge in [0.2, 0.25) is 5.95 Å². The SMILES string of the molecule is Cc1cc(Cl)cc(Oc2nc(N[C@H]3[C@@H]4CC[C@H]3CN(c3ccnc(Cl)c3)C4)nn2C)c1. The summed E-state index contributed by atoms with van der Waals surface area (Å²) in [6.45, 7) is 3.93. The summed E-state index contributed by atoms with van der Waals surface area (Å²) in [7, 11) is 1.83. The number of piperidine rings is 1. The van der Waals surface area contributed by atoms with Gasteiger partial charge < -0.3 is 15.0 Å². The van der Waals surface area contributed by atoms with Crippen molar-refractivity contribution in [3.8, 4) is 11.8 Å². The zero-order chi connectivity index (χ0) is 21.5. The Balaban J connectivity index is 1.28. The van der Waals surface area contributed by atoms with Gasteiger partial charge in [0.15, 0.2) is 0 Å². The van der Waals surface area contributed by atoms with E-state index in [1.807, 2.05) is 38.2 Å². The molecule has 1 saturated heterocycles. The predicted octanol–water partition coefficient (Wildman–Crippen LogP) is 4.94. The number of hydrogen-bond acceptors (Lipinski definition) is 6. The summed E-state index contributed by atoms with van der Waals surface area (Å²) in [5.74, 6) is 2.29. The molecule has 0 spiro atoms. The van der Waals surface area contributed by atoms with E-state index in [-0.39, 0.29) is 0 Å². The number of nitrogens with zero attached hydrogens (tertiary/aromatic N) is 5. The molecule has 2 aromatic heterocycles. The fourth-order valence-corrected chi connectivity index (χ4v) is 5.24. The highest BCUT2D eigenvalue weighted by Crippen LogP contribution is 2.40. The van der Waals surface area contributed by atoms with Crippen molar-refractivity contribution in [1.29, 1.82) is 0 Å². The molecular formula is C22H24Cl2N6O. The van der Waals surface area contributed by atoms with E-state index < -0.39 is 0 Å². The number of aromatic nitrogens is 4. The highest BCUT2D eigenvalue weighted by molar-refractivity contribution is 6.30. The van der Waals surface area contributed by atoms with Crippen LogP contribution in [0.25, 0.3) is 0 Å². The summed E-state index contributed by atoms with van der Waals surface area (Å²) in [5.41, 5.74) is 2.17. The summed E-state index contributed by atoms with van der Waals surface area (Å²) in [6.07, 6.45) is 4.15. The first kappa shape index (κ1) is 20.4. The second-order valence-corrected chi connectivity index (χ2v) is 9.24. The van der Waals surface area contributed by atoms with E-state index in [4.69, 9.17) is 27.9 Å². The van der Waals surface area contributed by atoms with E-state index in [0.29, 0.717) is 45.8 Å². The fourth-order valence-electron chi connectivity index (χ4n) is 4.79. The number of halogens is 2. The number of nitrogens with one attached hydrogen (secondary N) is 1. The zero-order valence-corrected chi connectivity index (χ0v) is 18.9. The summed E-state index contributed by atoms with van der Waals surface area (Å²) in [5, 5.41) is 9.28. The van der Waals surface area contributed by atoms with Crippen molar-refractivity contribution in [1.82, 2.24) is 19.7 Å². The summed E-state index contributed by atoms with van der Waals surface area (Å²) in [6, 6.07) is 10.3. The molecule has 3 aromatic rings. The fraction of sp³-hybridized carbons (Fsp3) is 0.409. The van der Waals surface area contributed by atoms with Gasteiger partial charge in [0.05, 0.1) is 0 Å². The Bertz CT molecular complexity index is 1070. The molecule has 1 aliphatic heterocycles. The van der Waals surface area contributed by atoms with Gasteiger partial charge in [-0.3, -0.25) is 0 Å². The normalized spacial score (nSPS) is 22.6. The van der Waals surface area contributed by atoms with Crippen molar-refractivity contribution in [2.75, 3.05) is 23.3 Å². The van der Waals surface area contributed by atoms with Crippen LogP contribution in [0.5, 0.6) is 11.8 Å². The number of pyridine rings is 1. The van der Waals surface area contributed by atoms with E-state index >= 15 is 0 Å². The molecule has 1 aliphatic carbocycles. The number of rotatable bonds is 5. The molecule has 0 radical (unpaired) electrons. The van der Waals surface area contributed by atoms with Gasteiger partial charge in [0, 0.05) is 43.1 Å². The van der Waals surface area contributed by atoms with Crippen molar-refractivity contribution in [3.05, 3.63) is 52.3 Å². The smallest absolute Gasteiger partial charge is 0.321 e. The minimum atomic E-state index is 0.345. The molecule has 162 valence electrons. The molecule has 1 saturated carbocycles. The maximum absolute atomic E-state index is 6.14. The number of anilines is 2. The van der Waals surface area contributed by atoms with Crippen LogP contribution in [-0.4, -0.2) is 38.9 Å². The molecule has 3 heterocycles. The number of ether oxygens (including phenoxy) is 1. The first-order chi connectivity index (χ1) is 14.9. The molecule has 5 rings (SSSR count). The Morgan fingerprint density at radius 2 is 1.87 bits per heavy atom. The van der Waals surface area contributed by atoms with Gasteiger partial charge in [-0.25, -0.2) is 9.67 Å². The van der Waals surface area contributed by atoms with Crippen LogP contribution in [0.3, 0.4) is 0 Å². The van der Waals surface area contributed by atoms with Crippen LogP contribution < -0.4 is 15.0 Å². The van der Waals surface area contributed by atoms with Gasteiger partial charge in [0.25, 0.3) is 0 Å². The third-order valence-electron chi connectivity index (χ3n) is 6.15. The number of fused-ring (bicyclic) bond motifs is 2. The van der Waals surface area contributed by atoms with Crippen LogP contribution >= 0.6 is 23.2 Å². The van der Waals surface area contributed by atoms with Crippen LogP contribution in [0.4, 0.5) is 11.6 Å². The van der Waals surface area contributed by atoms with E-state index in [9.17, 15) is 0 Å². The van der Waals surface area contributed by atoms with Crippen LogP contribution in [0.1, 0.15) is 18.4 Å². The number of aryl methyl sites for hydroxylation is 2. The third kappa shape index (κ3) is 4.29. The lowest BCUT2D eigenvalue weighted by atomic mass is 9.92. The molecule has 3 atom stereocenters. The summed E-state index contributed by atoms with van der Waals surface area (Å²) >= 11 is 12.2. The molecule has 1 N–H and O–H groups in total. The van der Waals surface area contributed by atoms with Crippen molar-refractivity contribution in [3.63, 3.8) is 0 Å². The van der Waals surface area contributed by atoms with E-state index in [1.54, 1.807) is 16.9 Å². The standard InChI is InChI=1S/C22H24Cl2N6O/c1-13-7-16(23)9-18(8-13)31-22-27-21(28-29(22)2)26-20-14-3-4-15(20)12-30(11-14)17-5-6-25-19(24)10-17/h5-10,14-15,20H,3-4,11-12H2,1-2H3,(H,26,28)/t14-,15+,20+. The van der Waals surface area contributed by atoms with Crippen LogP contribution in [0.15, 0.2) is 36.5 Å². The Labute approximate surface area is 191 Å². The van der Waals surface area contributed by atoms with Crippen LogP contribution in [0.2, 0.25) is 10.2 Å². The lowest BCUT2D eigenvalue weighted by Gasteiger charge is -2.39. The van der Waals surface area contributed by atoms with Gasteiger partial charge in [-0.05, 0) is 67.5 Å². The van der Waals surface area contributed by atoms with Gasteiger partial charge in [0.1, 0.15) is 10.9 Å². The third-order valence-corrected chi connectivity index (χ3v) is 6.58. The maximum Gasteiger partial charge on any atom is 0.321 e. The first-order valence-electron chi connectivity index (χ1n) is 10.4. The molecule has 0 unspecified atom stereocenters. The van der Waals surface area contributed by atoms with Gasteiger partial charge in [-0.1, -0.05) is 23.2 Å². The molecule has 2 bridgehead atoms. The predicted molar refractivity (Wildman–Crippen MR) is 122 cm³/mol.